The van der Waals surface area contributed by atoms with E-state index in [1.165, 1.54) is 0 Å². The third-order valence-corrected chi connectivity index (χ3v) is 3.87. The number of benzene rings is 2. The molecule has 0 bridgehead atoms. The van der Waals surface area contributed by atoms with E-state index < -0.39 is 5.60 Å². The molecule has 0 radical (unpaired) electrons. The van der Waals surface area contributed by atoms with E-state index >= 15 is 0 Å². The number of hydrogen-bond donors (Lipinski definition) is 1. The molecule has 4 nitrogen and oxygen atoms in total. The largest absolute Gasteiger partial charge is 0.497 e. The molecule has 2 aromatic carbocycles. The van der Waals surface area contributed by atoms with E-state index in [-0.39, 0.29) is 12.3 Å². The highest BCUT2D eigenvalue weighted by atomic mass is 16.5. The van der Waals surface area contributed by atoms with Gasteiger partial charge in [0.1, 0.15) is 5.75 Å². The first-order valence-corrected chi connectivity index (χ1v) is 7.57. The lowest BCUT2D eigenvalue weighted by Gasteiger charge is -2.26. The maximum Gasteiger partial charge on any atom is 0.225 e. The van der Waals surface area contributed by atoms with Crippen LogP contribution in [-0.2, 0) is 16.9 Å². The minimum absolute atomic E-state index is 0.0392. The Balaban J connectivity index is 2.02. The molecule has 0 aliphatic carbocycles. The SMILES string of the molecule is COc1cccc(CN(C)C(=O)C[C@@](C)(O)c2ccccc2)c1. The van der Waals surface area contributed by atoms with Crippen molar-refractivity contribution in [2.45, 2.75) is 25.5 Å². The summed E-state index contributed by atoms with van der Waals surface area (Å²) in [5.74, 6) is 0.654. The van der Waals surface area contributed by atoms with Gasteiger partial charge >= 0.3 is 0 Å². The van der Waals surface area contributed by atoms with Crippen molar-refractivity contribution in [2.75, 3.05) is 14.2 Å². The molecule has 2 aromatic rings. The number of amides is 1. The Morgan fingerprint density at radius 2 is 1.87 bits per heavy atom. The standard InChI is InChI=1S/C19H23NO3/c1-19(22,16-9-5-4-6-10-16)13-18(21)20(2)14-15-8-7-11-17(12-15)23-3/h4-12,22H,13-14H2,1-3H3/t19-/m1/s1. The van der Waals surface area contributed by atoms with Gasteiger partial charge in [-0.3, -0.25) is 4.79 Å². The third kappa shape index (κ3) is 4.57. The molecule has 23 heavy (non-hydrogen) atoms. The van der Waals surface area contributed by atoms with Gasteiger partial charge in [0.2, 0.25) is 5.91 Å². The van der Waals surface area contributed by atoms with E-state index in [1.807, 2.05) is 54.6 Å². The summed E-state index contributed by atoms with van der Waals surface area (Å²) >= 11 is 0. The summed E-state index contributed by atoms with van der Waals surface area (Å²) in [5, 5.41) is 10.6. The number of hydrogen-bond acceptors (Lipinski definition) is 3. The predicted molar refractivity (Wildman–Crippen MR) is 90.1 cm³/mol. The van der Waals surface area contributed by atoms with Gasteiger partial charge in [0, 0.05) is 13.6 Å². The molecule has 0 aliphatic rings. The zero-order valence-corrected chi connectivity index (χ0v) is 13.8. The Morgan fingerprint density at radius 3 is 2.52 bits per heavy atom. The van der Waals surface area contributed by atoms with Crippen molar-refractivity contribution >= 4 is 5.91 Å². The molecule has 0 saturated carbocycles. The fraction of sp³-hybridized carbons (Fsp3) is 0.316. The molecule has 0 aromatic heterocycles. The molecule has 0 heterocycles. The smallest absolute Gasteiger partial charge is 0.225 e. The summed E-state index contributed by atoms with van der Waals surface area (Å²) in [5.41, 5.74) is 0.545. The van der Waals surface area contributed by atoms with Crippen molar-refractivity contribution in [1.82, 2.24) is 4.90 Å². The van der Waals surface area contributed by atoms with Crippen LogP contribution in [0.3, 0.4) is 0 Å². The first-order chi connectivity index (χ1) is 10.9. The van der Waals surface area contributed by atoms with Gasteiger partial charge in [-0.15, -0.1) is 0 Å². The van der Waals surface area contributed by atoms with E-state index in [0.717, 1.165) is 16.9 Å². The molecule has 1 atom stereocenters. The summed E-state index contributed by atoms with van der Waals surface area (Å²) in [6, 6.07) is 16.9. The highest BCUT2D eigenvalue weighted by Crippen LogP contribution is 2.25. The van der Waals surface area contributed by atoms with Crippen molar-refractivity contribution in [3.63, 3.8) is 0 Å². The van der Waals surface area contributed by atoms with Gasteiger partial charge in [-0.1, -0.05) is 42.5 Å². The molecule has 1 N–H and O–H groups in total. The molecule has 0 saturated heterocycles. The lowest BCUT2D eigenvalue weighted by Crippen LogP contribution is -2.34. The molecule has 0 aliphatic heterocycles. The van der Waals surface area contributed by atoms with Crippen LogP contribution in [0.2, 0.25) is 0 Å². The number of methoxy groups -OCH3 is 1. The topological polar surface area (TPSA) is 49.8 Å². The fourth-order valence-electron chi connectivity index (χ4n) is 2.46. The van der Waals surface area contributed by atoms with Crippen LogP contribution in [0.25, 0.3) is 0 Å². The van der Waals surface area contributed by atoms with Crippen molar-refractivity contribution in [3.8, 4) is 5.75 Å². The van der Waals surface area contributed by atoms with Gasteiger partial charge in [0.05, 0.1) is 19.1 Å². The molecule has 0 fully saturated rings. The highest BCUT2D eigenvalue weighted by molar-refractivity contribution is 5.77. The van der Waals surface area contributed by atoms with Gasteiger partial charge in [0.15, 0.2) is 0 Å². The fourth-order valence-corrected chi connectivity index (χ4v) is 2.46. The minimum Gasteiger partial charge on any atom is -0.497 e. The molecule has 2 rings (SSSR count). The zero-order chi connectivity index (χ0) is 16.9. The number of ether oxygens (including phenoxy) is 1. The van der Waals surface area contributed by atoms with Gasteiger partial charge in [-0.05, 0) is 30.2 Å². The second-order valence-corrected chi connectivity index (χ2v) is 5.92. The number of carbonyl (C=O) groups is 1. The van der Waals surface area contributed by atoms with Gasteiger partial charge < -0.3 is 14.7 Å². The average molecular weight is 313 g/mol. The van der Waals surface area contributed by atoms with E-state index in [0.29, 0.717) is 6.54 Å². The van der Waals surface area contributed by atoms with E-state index in [1.54, 1.807) is 26.0 Å². The Hall–Kier alpha value is -2.33. The predicted octanol–water partition coefficient (Wildman–Crippen LogP) is 2.95. The van der Waals surface area contributed by atoms with Crippen LogP contribution >= 0.6 is 0 Å². The number of rotatable bonds is 6. The van der Waals surface area contributed by atoms with E-state index in [4.69, 9.17) is 4.74 Å². The second kappa shape index (κ2) is 7.29. The Kier molecular flexibility index (Phi) is 5.40. The van der Waals surface area contributed by atoms with Crippen molar-refractivity contribution < 1.29 is 14.6 Å². The first-order valence-electron chi connectivity index (χ1n) is 7.57. The summed E-state index contributed by atoms with van der Waals surface area (Å²) in [7, 11) is 3.36. The van der Waals surface area contributed by atoms with Crippen LogP contribution in [0.15, 0.2) is 54.6 Å². The molecular formula is C19H23NO3. The average Bonchev–Trinajstić information content (AvgIpc) is 2.55. The number of carbonyl (C=O) groups excluding carboxylic acids is 1. The van der Waals surface area contributed by atoms with Crippen LogP contribution in [0.5, 0.6) is 5.75 Å². The summed E-state index contributed by atoms with van der Waals surface area (Å²) in [6.07, 6.45) is 0.0392. The lowest BCUT2D eigenvalue weighted by atomic mass is 9.92. The minimum atomic E-state index is -1.18. The van der Waals surface area contributed by atoms with E-state index in [2.05, 4.69) is 0 Å². The maximum atomic E-state index is 12.4. The van der Waals surface area contributed by atoms with Gasteiger partial charge in [0.25, 0.3) is 0 Å². The Labute approximate surface area is 137 Å². The molecular weight excluding hydrogens is 290 g/mol. The zero-order valence-electron chi connectivity index (χ0n) is 13.8. The molecule has 1 amide bonds. The van der Waals surface area contributed by atoms with Gasteiger partial charge in [-0.25, -0.2) is 0 Å². The van der Waals surface area contributed by atoms with Crippen molar-refractivity contribution in [3.05, 3.63) is 65.7 Å². The van der Waals surface area contributed by atoms with Gasteiger partial charge in [-0.2, -0.15) is 0 Å². The third-order valence-electron chi connectivity index (χ3n) is 3.87. The van der Waals surface area contributed by atoms with Crippen LogP contribution in [-0.4, -0.2) is 30.1 Å². The van der Waals surface area contributed by atoms with Crippen molar-refractivity contribution in [1.29, 1.82) is 0 Å². The van der Waals surface area contributed by atoms with Crippen LogP contribution < -0.4 is 4.74 Å². The quantitative estimate of drug-likeness (QED) is 0.892. The van der Waals surface area contributed by atoms with Crippen LogP contribution in [0.1, 0.15) is 24.5 Å². The van der Waals surface area contributed by atoms with Crippen LogP contribution in [0, 0.1) is 0 Å². The lowest BCUT2D eigenvalue weighted by molar-refractivity contribution is -0.135. The first kappa shape index (κ1) is 17.0. The number of nitrogens with zero attached hydrogens (tertiary/aromatic N) is 1. The van der Waals surface area contributed by atoms with Crippen LogP contribution in [0.4, 0.5) is 0 Å². The van der Waals surface area contributed by atoms with E-state index in [9.17, 15) is 9.90 Å². The summed E-state index contributed by atoms with van der Waals surface area (Å²) in [4.78, 5) is 14.0. The number of aliphatic hydroxyl groups is 1. The highest BCUT2D eigenvalue weighted by Gasteiger charge is 2.27. The Morgan fingerprint density at radius 1 is 1.17 bits per heavy atom. The maximum absolute atomic E-state index is 12.4. The normalized spacial score (nSPS) is 13.2. The molecule has 0 spiro atoms. The monoisotopic (exact) mass is 313 g/mol. The summed E-state index contributed by atoms with van der Waals surface area (Å²) < 4.78 is 5.19. The Bertz CT molecular complexity index is 653. The molecule has 122 valence electrons. The van der Waals surface area contributed by atoms with Crippen molar-refractivity contribution in [2.24, 2.45) is 0 Å². The summed E-state index contributed by atoms with van der Waals surface area (Å²) in [6.45, 7) is 2.14. The molecule has 4 heteroatoms. The second-order valence-electron chi connectivity index (χ2n) is 5.92. The molecule has 0 unspecified atom stereocenters.